The molecule has 42 heteroatoms. The van der Waals surface area contributed by atoms with Crippen LogP contribution in [0.3, 0.4) is 0 Å². The summed E-state index contributed by atoms with van der Waals surface area (Å²) >= 11 is 14.4. The van der Waals surface area contributed by atoms with Crippen LogP contribution in [0.5, 0.6) is 5.75 Å². The number of nitro benzene ring substituents is 1. The minimum absolute atomic E-state index is 0.0119. The first kappa shape index (κ1) is 97.0. The summed E-state index contributed by atoms with van der Waals surface area (Å²) in [5.41, 5.74) is 83.1. The number of thiazole rings is 6. The van der Waals surface area contributed by atoms with Gasteiger partial charge in [0.1, 0.15) is 40.6 Å². The van der Waals surface area contributed by atoms with E-state index in [2.05, 4.69) is 94.8 Å². The first-order chi connectivity index (χ1) is 63.1. The van der Waals surface area contributed by atoms with Crippen LogP contribution in [0, 0.1) is 44.7 Å². The summed E-state index contributed by atoms with van der Waals surface area (Å²) in [7, 11) is 1.61. The predicted molar refractivity (Wildman–Crippen MR) is 539 cm³/mol. The lowest BCUT2D eigenvalue weighted by Crippen LogP contribution is -2.20. The zero-order chi connectivity index (χ0) is 93.7. The van der Waals surface area contributed by atoms with E-state index in [1.54, 1.807) is 79.4 Å². The lowest BCUT2D eigenvalue weighted by atomic mass is 10.1. The summed E-state index contributed by atoms with van der Waals surface area (Å²) in [6, 6.07) is 72.1. The molecule has 7 heterocycles. The number of nitro groups is 1. The molecule has 0 saturated heterocycles. The van der Waals surface area contributed by atoms with Crippen molar-refractivity contribution in [2.24, 2.45) is 129 Å². The number of aryl methyl sites for hydroxylation is 5. The highest BCUT2D eigenvalue weighted by molar-refractivity contribution is 7.15. The molecular formula is C89H87ClN32O3S6. The van der Waals surface area contributed by atoms with Crippen molar-refractivity contribution in [3.05, 3.63) is 346 Å². The number of nitrogens with two attached hydrogens (primary N) is 12. The van der Waals surface area contributed by atoms with Gasteiger partial charge in [-0.25, -0.2) is 29.9 Å². The Labute approximate surface area is 781 Å². The minimum Gasteiger partial charge on any atom is -0.497 e. The third-order valence-corrected chi connectivity index (χ3v) is 22.0. The Morgan fingerprint density at radius 2 is 0.725 bits per heavy atom. The molecule has 0 aliphatic carbocycles. The Balaban J connectivity index is 0.000000164. The number of ether oxygens (including phenoxy) is 1. The maximum Gasteiger partial charge on any atom is 0.270 e. The Bertz CT molecular complexity index is 6600. The van der Waals surface area contributed by atoms with Crippen molar-refractivity contribution < 1.29 is 9.66 Å². The number of hydrogen-bond donors (Lipinski definition) is 12. The SMILES string of the molecule is COc1ccc(C(N)=NC(N)=Nc2nc(-c3ccccc3)cs2)cc1.Cc1cccc(C(N)=NC(N)=Nc2nc(C)c(C)s2)c1.Cc1csc(N=C(N)N=C(N)c2ccccc2)n1.Cc1csc(N=C(N)N=C(N)c2ccccn2)n1.NC(=Nc1nc(-c2cccc([N+](=O)[O-])c2)cs1)N=C(N)c1ccccc1Cl.NC(=Nc1nc(-c2ccccc2)cs1)N=C(N)c1ccccc1. The quantitative estimate of drug-likeness (QED) is 0.0174. The van der Waals surface area contributed by atoms with Crippen LogP contribution in [0.25, 0.3) is 33.8 Å². The largest absolute Gasteiger partial charge is 0.497 e. The number of guanidine groups is 6. The van der Waals surface area contributed by atoms with Crippen molar-refractivity contribution in [2.45, 2.75) is 34.6 Å². The Hall–Kier alpha value is -16.2. The highest BCUT2D eigenvalue weighted by Crippen LogP contribution is 2.32. The molecule has 0 aliphatic rings. The van der Waals surface area contributed by atoms with Crippen LogP contribution in [0.1, 0.15) is 61.0 Å². The summed E-state index contributed by atoms with van der Waals surface area (Å²) in [5.74, 6) is 2.74. The normalized spacial score (nSPS) is 12.5. The molecule has 15 rings (SSSR count). The van der Waals surface area contributed by atoms with E-state index >= 15 is 0 Å². The van der Waals surface area contributed by atoms with Crippen molar-refractivity contribution in [1.29, 1.82) is 0 Å². The van der Waals surface area contributed by atoms with Crippen LogP contribution in [0.4, 0.5) is 36.5 Å². The summed E-state index contributed by atoms with van der Waals surface area (Å²) in [4.78, 5) is 90.7. The van der Waals surface area contributed by atoms with Gasteiger partial charge in [-0.05, 0) is 89.2 Å². The topological polar surface area (TPSA) is 603 Å². The fourth-order valence-electron chi connectivity index (χ4n) is 10.5. The summed E-state index contributed by atoms with van der Waals surface area (Å²) < 4.78 is 5.11. The fourth-order valence-corrected chi connectivity index (χ4v) is 14.9. The zero-order valence-corrected chi connectivity index (χ0v) is 76.6. The fraction of sp³-hybridized carbons (Fsp3) is 0.0674. The highest BCUT2D eigenvalue weighted by Gasteiger charge is 2.14. The second kappa shape index (κ2) is 49.1. The number of pyridine rings is 1. The minimum atomic E-state index is -0.459. The van der Waals surface area contributed by atoms with E-state index in [1.165, 1.54) is 80.2 Å². The van der Waals surface area contributed by atoms with E-state index in [0.717, 1.165) is 78.0 Å². The lowest BCUT2D eigenvalue weighted by Gasteiger charge is -2.02. The number of methoxy groups -OCH3 is 1. The van der Waals surface area contributed by atoms with Crippen LogP contribution in [-0.2, 0) is 0 Å². The van der Waals surface area contributed by atoms with Gasteiger partial charge in [-0.2, -0.15) is 59.9 Å². The van der Waals surface area contributed by atoms with Crippen LogP contribution < -0.4 is 73.5 Å². The summed E-state index contributed by atoms with van der Waals surface area (Å²) in [6.45, 7) is 9.71. The molecule has 0 aliphatic heterocycles. The molecule has 0 amide bonds. The van der Waals surface area contributed by atoms with E-state index < -0.39 is 4.92 Å². The zero-order valence-electron chi connectivity index (χ0n) is 70.9. The Morgan fingerprint density at radius 1 is 0.359 bits per heavy atom. The molecule has 664 valence electrons. The molecule has 0 atom stereocenters. The van der Waals surface area contributed by atoms with Crippen molar-refractivity contribution >= 4 is 187 Å². The van der Waals surface area contributed by atoms with Gasteiger partial charge < -0.3 is 73.5 Å². The van der Waals surface area contributed by atoms with Crippen molar-refractivity contribution in [3.8, 4) is 39.5 Å². The predicted octanol–water partition coefficient (Wildman–Crippen LogP) is 15.5. The van der Waals surface area contributed by atoms with Gasteiger partial charge in [0.05, 0.1) is 51.2 Å². The molecule has 131 heavy (non-hydrogen) atoms. The average Bonchev–Trinajstić information content (AvgIpc) is 1.73. The number of amidine groups is 6. The van der Waals surface area contributed by atoms with Gasteiger partial charge in [0.25, 0.3) is 5.69 Å². The molecule has 35 nitrogen and oxygen atoms in total. The number of non-ortho nitro benzene ring substituents is 1. The lowest BCUT2D eigenvalue weighted by molar-refractivity contribution is -0.384. The number of rotatable bonds is 17. The van der Waals surface area contributed by atoms with E-state index in [4.69, 9.17) is 85.1 Å². The maximum atomic E-state index is 10.9. The second-order valence-electron chi connectivity index (χ2n) is 26.6. The number of aromatic nitrogens is 7. The van der Waals surface area contributed by atoms with E-state index in [9.17, 15) is 10.1 Å². The van der Waals surface area contributed by atoms with E-state index in [0.29, 0.717) is 75.8 Å². The summed E-state index contributed by atoms with van der Waals surface area (Å²) in [5, 5.41) is 23.9. The van der Waals surface area contributed by atoms with Gasteiger partial charge in [0.2, 0.25) is 66.5 Å². The number of aliphatic imine (C=N–C) groups is 12. The molecule has 7 aromatic heterocycles. The molecule has 0 spiro atoms. The van der Waals surface area contributed by atoms with E-state index in [1.807, 2.05) is 220 Å². The highest BCUT2D eigenvalue weighted by atomic mass is 35.5. The molecule has 0 fully saturated rings. The molecule has 8 aromatic carbocycles. The molecule has 0 saturated carbocycles. The van der Waals surface area contributed by atoms with Gasteiger partial charge in [-0.1, -0.05) is 198 Å². The standard InChI is InChI=1S/C18H17N5OS.C17H13ClN6O2S.C17H15N5S.C14H17N5S.C12H13N5S.C11H12N6S/c1-24-14-9-7-13(8-10-14)16(19)22-17(20)23-18-21-15(11-25-18)12-5-3-2-4-6-12;18-13-7-2-1-6-12(13)15(19)22-16(20)23-17-21-14(9-27-17)10-4-3-5-11(8-10)24(25)26;18-15(13-9-5-2-6-10-13)21-16(19)22-17-20-14(11-23-17)12-7-3-1-4-8-12;1-8-5-4-6-11(7-8)12(15)18-13(16)19-14-17-9(2)10(3)20-14;1-8-7-18-12(15-8)17-11(14)16-10(13)9-5-3-2-4-6-9;1-7-6-18-11(15-7)17-10(13)16-9(12)8-4-2-3-5-14-8/h2-11H,1H3,(H4,19,20,21,22,23);1-9H,(H4,19,20,21,22,23);1-11H,(H4,18,19,20,21,22);4-7H,1-3H3,(H4,15,16,17,18,19);2-7H,1H3,(H4,13,14,15,16,17);2-6H,1H3,(H4,12,13,15,16,17). The van der Waals surface area contributed by atoms with Crippen LogP contribution in [-0.4, -0.2) is 118 Å². The first-order valence-corrected chi connectivity index (χ1v) is 44.3. The van der Waals surface area contributed by atoms with Gasteiger partial charge in [0.15, 0.2) is 5.84 Å². The monoisotopic (exact) mass is 1880 g/mol. The van der Waals surface area contributed by atoms with Crippen molar-refractivity contribution in [1.82, 2.24) is 34.9 Å². The second-order valence-corrected chi connectivity index (χ2v) is 32.4. The van der Waals surface area contributed by atoms with Gasteiger partial charge >= 0.3 is 0 Å². The van der Waals surface area contributed by atoms with Crippen LogP contribution >= 0.6 is 79.6 Å². The first-order valence-electron chi connectivity index (χ1n) is 38.7. The number of hydrogen-bond acceptors (Lipinski definition) is 22. The number of benzene rings is 8. The van der Waals surface area contributed by atoms with Gasteiger partial charge in [-0.3, -0.25) is 15.1 Å². The molecule has 15 aromatic rings. The number of halogens is 1. The Morgan fingerprint density at radius 3 is 1.13 bits per heavy atom. The van der Waals surface area contributed by atoms with Crippen LogP contribution in [0.2, 0.25) is 5.02 Å². The van der Waals surface area contributed by atoms with Crippen LogP contribution in [0.15, 0.2) is 330 Å². The molecular weight excluding hydrogens is 1790 g/mol. The number of nitrogens with zero attached hydrogens (tertiary/aromatic N) is 20. The smallest absolute Gasteiger partial charge is 0.270 e. The molecule has 0 unspecified atom stereocenters. The molecule has 0 bridgehead atoms. The van der Waals surface area contributed by atoms with E-state index in [-0.39, 0.29) is 59.0 Å². The average molecular weight is 1880 g/mol. The third-order valence-electron chi connectivity index (χ3n) is 16.8. The van der Waals surface area contributed by atoms with Crippen molar-refractivity contribution in [3.63, 3.8) is 0 Å². The van der Waals surface area contributed by atoms with Gasteiger partial charge in [0, 0.05) is 94.6 Å². The molecule has 24 N–H and O–H groups in total. The Kier molecular flexibility index (Phi) is 36.3. The maximum absolute atomic E-state index is 10.9. The molecule has 0 radical (unpaired) electrons. The van der Waals surface area contributed by atoms with Crippen molar-refractivity contribution in [2.75, 3.05) is 7.11 Å². The summed E-state index contributed by atoms with van der Waals surface area (Å²) in [6.07, 6.45) is 1.63. The third kappa shape index (κ3) is 31.7. The van der Waals surface area contributed by atoms with Gasteiger partial charge in [-0.15, -0.1) is 56.7 Å².